The van der Waals surface area contributed by atoms with E-state index in [0.717, 1.165) is 37.6 Å². The average molecular weight is 375 g/mol. The fourth-order valence-corrected chi connectivity index (χ4v) is 5.11. The van der Waals surface area contributed by atoms with Gasteiger partial charge in [-0.15, -0.1) is 11.8 Å². The Morgan fingerprint density at radius 3 is 2.65 bits per heavy atom. The number of hydrogen-bond donors (Lipinski definition) is 1. The van der Waals surface area contributed by atoms with Crippen molar-refractivity contribution in [3.8, 4) is 0 Å². The Bertz CT molecular complexity index is 563. The van der Waals surface area contributed by atoms with Crippen LogP contribution in [0.5, 0.6) is 0 Å². The zero-order chi connectivity index (χ0) is 18.2. The van der Waals surface area contributed by atoms with E-state index < -0.39 is 0 Å². The highest BCUT2D eigenvalue weighted by Crippen LogP contribution is 2.25. The van der Waals surface area contributed by atoms with Crippen LogP contribution in [0.15, 0.2) is 24.3 Å². The summed E-state index contributed by atoms with van der Waals surface area (Å²) in [6, 6.07) is 8.92. The monoisotopic (exact) mass is 374 g/mol. The van der Waals surface area contributed by atoms with Gasteiger partial charge in [-0.05, 0) is 44.1 Å². The van der Waals surface area contributed by atoms with E-state index in [0.29, 0.717) is 11.8 Å². The van der Waals surface area contributed by atoms with Gasteiger partial charge in [0.15, 0.2) is 0 Å². The highest BCUT2D eigenvalue weighted by Gasteiger charge is 2.23. The molecule has 1 aromatic rings. The first-order valence-electron chi connectivity index (χ1n) is 10.3. The van der Waals surface area contributed by atoms with E-state index in [1.54, 1.807) is 11.8 Å². The van der Waals surface area contributed by atoms with E-state index in [-0.39, 0.29) is 5.91 Å². The van der Waals surface area contributed by atoms with Gasteiger partial charge >= 0.3 is 0 Å². The minimum atomic E-state index is 0.202. The zero-order valence-corrected chi connectivity index (χ0v) is 17.0. The van der Waals surface area contributed by atoms with Gasteiger partial charge < -0.3 is 10.2 Å². The third kappa shape index (κ3) is 6.62. The molecule has 1 aliphatic heterocycles. The van der Waals surface area contributed by atoms with Crippen LogP contribution >= 0.6 is 11.8 Å². The Kier molecular flexibility index (Phi) is 7.87. The smallest absolute Gasteiger partial charge is 0.230 e. The molecule has 1 amide bonds. The predicted molar refractivity (Wildman–Crippen MR) is 112 cm³/mol. The lowest BCUT2D eigenvalue weighted by Gasteiger charge is -2.35. The molecule has 3 rings (SSSR count). The number of rotatable bonds is 7. The van der Waals surface area contributed by atoms with Crippen LogP contribution in [-0.4, -0.2) is 42.2 Å². The number of aryl methyl sites for hydroxylation is 1. The number of benzene rings is 1. The van der Waals surface area contributed by atoms with Crippen LogP contribution in [0, 0.1) is 12.8 Å². The van der Waals surface area contributed by atoms with E-state index in [4.69, 9.17) is 0 Å². The number of piperidine rings is 1. The zero-order valence-electron chi connectivity index (χ0n) is 16.2. The number of likely N-dealkylation sites (tertiary alicyclic amines) is 1. The van der Waals surface area contributed by atoms with Gasteiger partial charge in [0.25, 0.3) is 0 Å². The Labute approximate surface area is 163 Å². The number of thioether (sulfide) groups is 1. The number of nitrogens with zero attached hydrogens (tertiary/aromatic N) is 1. The molecule has 3 nitrogen and oxygen atoms in total. The summed E-state index contributed by atoms with van der Waals surface area (Å²) >= 11 is 1.71. The molecule has 0 atom stereocenters. The summed E-state index contributed by atoms with van der Waals surface area (Å²) in [5.41, 5.74) is 2.59. The minimum Gasteiger partial charge on any atom is -0.353 e. The van der Waals surface area contributed by atoms with Crippen LogP contribution in [-0.2, 0) is 10.5 Å². The van der Waals surface area contributed by atoms with Crippen molar-refractivity contribution in [1.29, 1.82) is 0 Å². The quantitative estimate of drug-likeness (QED) is 0.768. The van der Waals surface area contributed by atoms with Gasteiger partial charge in [0.1, 0.15) is 0 Å². The Hall–Kier alpha value is -1.00. The summed E-state index contributed by atoms with van der Waals surface area (Å²) in [4.78, 5) is 14.9. The van der Waals surface area contributed by atoms with Crippen molar-refractivity contribution in [2.45, 2.75) is 63.7 Å². The third-order valence-electron chi connectivity index (χ3n) is 5.78. The first-order valence-corrected chi connectivity index (χ1v) is 11.5. The topological polar surface area (TPSA) is 32.3 Å². The standard InChI is InChI=1S/C22H34N2OS/c1-18-6-5-9-20(14-18)16-26-17-22(25)23-21-10-12-24(13-11-21)15-19-7-3-2-4-8-19/h5-6,9,14,19,21H,2-4,7-8,10-13,15-17H2,1H3,(H,23,25). The van der Waals surface area contributed by atoms with E-state index in [1.165, 1.54) is 49.8 Å². The van der Waals surface area contributed by atoms with Gasteiger partial charge in [-0.3, -0.25) is 4.79 Å². The molecular formula is C22H34N2OS. The van der Waals surface area contributed by atoms with Crippen LogP contribution < -0.4 is 5.32 Å². The maximum Gasteiger partial charge on any atom is 0.230 e. The summed E-state index contributed by atoms with van der Waals surface area (Å²) in [7, 11) is 0. The number of amides is 1. The molecular weight excluding hydrogens is 340 g/mol. The van der Waals surface area contributed by atoms with Gasteiger partial charge in [-0.2, -0.15) is 0 Å². The highest BCUT2D eigenvalue weighted by molar-refractivity contribution is 7.99. The first kappa shape index (κ1) is 19.8. The van der Waals surface area contributed by atoms with Gasteiger partial charge in [0, 0.05) is 31.4 Å². The maximum absolute atomic E-state index is 12.2. The molecule has 1 saturated carbocycles. The molecule has 144 valence electrons. The SMILES string of the molecule is Cc1cccc(CSCC(=O)NC2CCN(CC3CCCCC3)CC2)c1. The second-order valence-electron chi connectivity index (χ2n) is 8.13. The second-order valence-corrected chi connectivity index (χ2v) is 9.11. The Morgan fingerprint density at radius 2 is 1.92 bits per heavy atom. The number of carbonyl (C=O) groups excluding carboxylic acids is 1. The summed E-state index contributed by atoms with van der Waals surface area (Å²) in [6.07, 6.45) is 9.37. The fraction of sp³-hybridized carbons (Fsp3) is 0.682. The Morgan fingerprint density at radius 1 is 1.15 bits per heavy atom. The van der Waals surface area contributed by atoms with Crippen molar-refractivity contribution in [3.63, 3.8) is 0 Å². The molecule has 2 fully saturated rings. The fourth-order valence-electron chi connectivity index (χ4n) is 4.33. The normalized spacial score (nSPS) is 20.2. The van der Waals surface area contributed by atoms with Gasteiger partial charge in [0.2, 0.25) is 5.91 Å². The molecule has 1 aromatic carbocycles. The van der Waals surface area contributed by atoms with Crippen LogP contribution in [0.2, 0.25) is 0 Å². The third-order valence-corrected chi connectivity index (χ3v) is 6.78. The molecule has 2 aliphatic rings. The lowest BCUT2D eigenvalue weighted by atomic mass is 9.88. The predicted octanol–water partition coefficient (Wildman–Crippen LogP) is 4.39. The summed E-state index contributed by atoms with van der Waals surface area (Å²) in [5, 5.41) is 3.25. The lowest BCUT2D eigenvalue weighted by Crippen LogP contribution is -2.46. The molecule has 1 N–H and O–H groups in total. The average Bonchev–Trinajstić information content (AvgIpc) is 2.64. The van der Waals surface area contributed by atoms with Crippen LogP contribution in [0.4, 0.5) is 0 Å². The van der Waals surface area contributed by atoms with E-state index in [9.17, 15) is 4.79 Å². The van der Waals surface area contributed by atoms with Crippen molar-refractivity contribution in [2.24, 2.45) is 5.92 Å². The van der Waals surface area contributed by atoms with Crippen LogP contribution in [0.3, 0.4) is 0 Å². The lowest BCUT2D eigenvalue weighted by molar-refractivity contribution is -0.119. The number of nitrogens with one attached hydrogen (secondary N) is 1. The molecule has 26 heavy (non-hydrogen) atoms. The van der Waals surface area contributed by atoms with Crippen molar-refractivity contribution in [3.05, 3.63) is 35.4 Å². The van der Waals surface area contributed by atoms with Gasteiger partial charge in [0.05, 0.1) is 5.75 Å². The largest absolute Gasteiger partial charge is 0.353 e. The Balaban J connectivity index is 1.29. The molecule has 0 unspecified atom stereocenters. The molecule has 0 spiro atoms. The second kappa shape index (κ2) is 10.4. The summed E-state index contributed by atoms with van der Waals surface area (Å²) in [6.45, 7) is 5.70. The summed E-state index contributed by atoms with van der Waals surface area (Å²) in [5.74, 6) is 2.60. The van der Waals surface area contributed by atoms with Crippen LogP contribution in [0.1, 0.15) is 56.1 Å². The molecule has 4 heteroatoms. The molecule has 0 aromatic heterocycles. The maximum atomic E-state index is 12.2. The van der Waals surface area contributed by atoms with Crippen molar-refractivity contribution >= 4 is 17.7 Å². The van der Waals surface area contributed by atoms with Gasteiger partial charge in [-0.1, -0.05) is 49.1 Å². The van der Waals surface area contributed by atoms with Gasteiger partial charge in [-0.25, -0.2) is 0 Å². The molecule has 0 radical (unpaired) electrons. The van der Waals surface area contributed by atoms with Crippen molar-refractivity contribution < 1.29 is 4.79 Å². The highest BCUT2D eigenvalue weighted by atomic mass is 32.2. The molecule has 0 bridgehead atoms. The number of carbonyl (C=O) groups is 1. The number of hydrogen-bond acceptors (Lipinski definition) is 3. The van der Waals surface area contributed by atoms with E-state index >= 15 is 0 Å². The van der Waals surface area contributed by atoms with Crippen molar-refractivity contribution in [2.75, 3.05) is 25.4 Å². The minimum absolute atomic E-state index is 0.202. The molecule has 1 aliphatic carbocycles. The molecule has 1 heterocycles. The van der Waals surface area contributed by atoms with E-state index in [1.807, 2.05) is 0 Å². The van der Waals surface area contributed by atoms with Crippen molar-refractivity contribution in [1.82, 2.24) is 10.2 Å². The van der Waals surface area contributed by atoms with Crippen LogP contribution in [0.25, 0.3) is 0 Å². The summed E-state index contributed by atoms with van der Waals surface area (Å²) < 4.78 is 0. The molecule has 1 saturated heterocycles. The van der Waals surface area contributed by atoms with E-state index in [2.05, 4.69) is 41.4 Å². The first-order chi connectivity index (χ1) is 12.7.